The standard InChI is InChI=1S/C17H20BrNO/c1-12(2)20-17-6-4-14(5-7-17)11-19-16-9-13(3)8-15(18)10-16/h4-10,12,19H,11H2,1-3H3. The van der Waals surface area contributed by atoms with Gasteiger partial charge in [-0.2, -0.15) is 0 Å². The molecule has 2 aromatic rings. The molecule has 0 aliphatic heterocycles. The monoisotopic (exact) mass is 333 g/mol. The Balaban J connectivity index is 1.96. The molecule has 0 amide bonds. The molecule has 0 aliphatic rings. The summed E-state index contributed by atoms with van der Waals surface area (Å²) < 4.78 is 6.73. The van der Waals surface area contributed by atoms with Crippen LogP contribution in [0.3, 0.4) is 0 Å². The lowest BCUT2D eigenvalue weighted by Crippen LogP contribution is -2.05. The summed E-state index contributed by atoms with van der Waals surface area (Å²) in [5.74, 6) is 0.919. The van der Waals surface area contributed by atoms with E-state index in [1.54, 1.807) is 0 Å². The van der Waals surface area contributed by atoms with Crippen LogP contribution in [0.25, 0.3) is 0 Å². The third kappa shape index (κ3) is 4.57. The molecule has 106 valence electrons. The van der Waals surface area contributed by atoms with E-state index in [4.69, 9.17) is 4.74 Å². The molecule has 0 atom stereocenters. The van der Waals surface area contributed by atoms with Gasteiger partial charge in [0.25, 0.3) is 0 Å². The van der Waals surface area contributed by atoms with Crippen LogP contribution < -0.4 is 10.1 Å². The number of anilines is 1. The molecule has 0 spiro atoms. The number of benzene rings is 2. The van der Waals surface area contributed by atoms with Crippen molar-refractivity contribution in [1.29, 1.82) is 0 Å². The molecular weight excluding hydrogens is 314 g/mol. The van der Waals surface area contributed by atoms with E-state index in [2.05, 4.69) is 58.5 Å². The van der Waals surface area contributed by atoms with Crippen molar-refractivity contribution in [2.75, 3.05) is 5.32 Å². The lowest BCUT2D eigenvalue weighted by atomic mass is 10.2. The molecule has 0 unspecified atom stereocenters. The van der Waals surface area contributed by atoms with Crippen molar-refractivity contribution in [1.82, 2.24) is 0 Å². The Bertz CT molecular complexity index is 543. The molecule has 0 fully saturated rings. The zero-order chi connectivity index (χ0) is 14.5. The molecule has 20 heavy (non-hydrogen) atoms. The van der Waals surface area contributed by atoms with Crippen molar-refractivity contribution < 1.29 is 4.74 Å². The third-order valence-electron chi connectivity index (χ3n) is 2.83. The van der Waals surface area contributed by atoms with Crippen LogP contribution in [0.2, 0.25) is 0 Å². The van der Waals surface area contributed by atoms with Gasteiger partial charge in [-0.1, -0.05) is 28.1 Å². The summed E-state index contributed by atoms with van der Waals surface area (Å²) in [6, 6.07) is 14.5. The summed E-state index contributed by atoms with van der Waals surface area (Å²) in [5.41, 5.74) is 3.60. The van der Waals surface area contributed by atoms with Gasteiger partial charge in [0.05, 0.1) is 6.10 Å². The second-order valence-corrected chi connectivity index (χ2v) is 6.10. The van der Waals surface area contributed by atoms with Gasteiger partial charge in [0.2, 0.25) is 0 Å². The second kappa shape index (κ2) is 6.80. The highest BCUT2D eigenvalue weighted by Crippen LogP contribution is 2.20. The van der Waals surface area contributed by atoms with Crippen LogP contribution >= 0.6 is 15.9 Å². The molecule has 3 heteroatoms. The van der Waals surface area contributed by atoms with Gasteiger partial charge < -0.3 is 10.1 Å². The van der Waals surface area contributed by atoms with Crippen LogP contribution in [-0.2, 0) is 6.54 Å². The minimum Gasteiger partial charge on any atom is -0.491 e. The van der Waals surface area contributed by atoms with Gasteiger partial charge in [-0.05, 0) is 62.2 Å². The predicted octanol–water partition coefficient (Wildman–Crippen LogP) is 5.16. The number of ether oxygens (including phenoxy) is 1. The van der Waals surface area contributed by atoms with Gasteiger partial charge in [0.15, 0.2) is 0 Å². The number of hydrogen-bond acceptors (Lipinski definition) is 2. The van der Waals surface area contributed by atoms with Gasteiger partial charge in [-0.15, -0.1) is 0 Å². The summed E-state index contributed by atoms with van der Waals surface area (Å²) >= 11 is 3.52. The van der Waals surface area contributed by atoms with E-state index >= 15 is 0 Å². The van der Waals surface area contributed by atoms with Crippen molar-refractivity contribution >= 4 is 21.6 Å². The average Bonchev–Trinajstić information content (AvgIpc) is 2.36. The molecule has 0 saturated carbocycles. The number of rotatable bonds is 5. The van der Waals surface area contributed by atoms with Gasteiger partial charge >= 0.3 is 0 Å². The molecule has 2 aromatic carbocycles. The SMILES string of the molecule is Cc1cc(Br)cc(NCc2ccc(OC(C)C)cc2)c1. The quantitative estimate of drug-likeness (QED) is 0.816. The molecule has 0 bridgehead atoms. The zero-order valence-corrected chi connectivity index (χ0v) is 13.7. The summed E-state index contributed by atoms with van der Waals surface area (Å²) in [5, 5.41) is 3.43. The maximum absolute atomic E-state index is 5.64. The molecule has 0 aliphatic carbocycles. The molecular formula is C17H20BrNO. The summed E-state index contributed by atoms with van der Waals surface area (Å²) in [7, 11) is 0. The summed E-state index contributed by atoms with van der Waals surface area (Å²) in [4.78, 5) is 0. The van der Waals surface area contributed by atoms with Gasteiger partial charge in [-0.25, -0.2) is 0 Å². The van der Waals surface area contributed by atoms with E-state index < -0.39 is 0 Å². The fourth-order valence-corrected chi connectivity index (χ4v) is 2.61. The Labute approximate surface area is 129 Å². The third-order valence-corrected chi connectivity index (χ3v) is 3.29. The van der Waals surface area contributed by atoms with Gasteiger partial charge in [0.1, 0.15) is 5.75 Å². The van der Waals surface area contributed by atoms with Crippen LogP contribution in [0, 0.1) is 6.92 Å². The van der Waals surface area contributed by atoms with E-state index in [-0.39, 0.29) is 6.10 Å². The van der Waals surface area contributed by atoms with E-state index in [1.165, 1.54) is 11.1 Å². The van der Waals surface area contributed by atoms with Crippen LogP contribution in [0.4, 0.5) is 5.69 Å². The van der Waals surface area contributed by atoms with Crippen molar-refractivity contribution in [3.8, 4) is 5.75 Å². The molecule has 0 heterocycles. The second-order valence-electron chi connectivity index (χ2n) is 5.18. The molecule has 0 saturated heterocycles. The molecule has 2 rings (SSSR count). The topological polar surface area (TPSA) is 21.3 Å². The van der Waals surface area contributed by atoms with Crippen molar-refractivity contribution in [3.63, 3.8) is 0 Å². The van der Waals surface area contributed by atoms with Gasteiger partial charge in [0, 0.05) is 16.7 Å². The fraction of sp³-hybridized carbons (Fsp3) is 0.294. The smallest absolute Gasteiger partial charge is 0.119 e. The highest BCUT2D eigenvalue weighted by molar-refractivity contribution is 9.10. The number of aryl methyl sites for hydroxylation is 1. The van der Waals surface area contributed by atoms with E-state index in [9.17, 15) is 0 Å². The Hall–Kier alpha value is -1.48. The number of hydrogen-bond donors (Lipinski definition) is 1. The van der Waals surface area contributed by atoms with Crippen molar-refractivity contribution in [2.24, 2.45) is 0 Å². The van der Waals surface area contributed by atoms with E-state index in [0.717, 1.165) is 22.5 Å². The predicted molar refractivity (Wildman–Crippen MR) is 88.4 cm³/mol. The maximum atomic E-state index is 5.64. The first-order valence-electron chi connectivity index (χ1n) is 6.79. The Kier molecular flexibility index (Phi) is 5.07. The minimum absolute atomic E-state index is 0.212. The highest BCUT2D eigenvalue weighted by atomic mass is 79.9. The van der Waals surface area contributed by atoms with Crippen LogP contribution in [0.5, 0.6) is 5.75 Å². The maximum Gasteiger partial charge on any atom is 0.119 e. The number of nitrogens with one attached hydrogen (secondary N) is 1. The summed E-state index contributed by atoms with van der Waals surface area (Å²) in [6.07, 6.45) is 0.212. The molecule has 2 nitrogen and oxygen atoms in total. The molecule has 0 aromatic heterocycles. The van der Waals surface area contributed by atoms with Crippen molar-refractivity contribution in [2.45, 2.75) is 33.4 Å². The lowest BCUT2D eigenvalue weighted by molar-refractivity contribution is 0.242. The normalized spacial score (nSPS) is 10.7. The Morgan fingerprint density at radius 3 is 2.40 bits per heavy atom. The van der Waals surface area contributed by atoms with Crippen LogP contribution in [0.15, 0.2) is 46.9 Å². The van der Waals surface area contributed by atoms with Crippen LogP contribution in [0.1, 0.15) is 25.0 Å². The first-order chi connectivity index (χ1) is 9.52. The largest absolute Gasteiger partial charge is 0.491 e. The highest BCUT2D eigenvalue weighted by Gasteiger charge is 2.00. The molecule has 0 radical (unpaired) electrons. The minimum atomic E-state index is 0.212. The van der Waals surface area contributed by atoms with Crippen molar-refractivity contribution in [3.05, 3.63) is 58.1 Å². The fourth-order valence-electron chi connectivity index (χ4n) is 2.00. The number of halogens is 1. The Morgan fingerprint density at radius 1 is 1.10 bits per heavy atom. The first-order valence-corrected chi connectivity index (χ1v) is 7.59. The zero-order valence-electron chi connectivity index (χ0n) is 12.1. The van der Waals surface area contributed by atoms with E-state index in [0.29, 0.717) is 0 Å². The first kappa shape index (κ1) is 14.9. The van der Waals surface area contributed by atoms with Gasteiger partial charge in [-0.3, -0.25) is 0 Å². The van der Waals surface area contributed by atoms with Crippen LogP contribution in [-0.4, -0.2) is 6.10 Å². The lowest BCUT2D eigenvalue weighted by Gasteiger charge is -2.11. The Morgan fingerprint density at radius 2 is 1.80 bits per heavy atom. The molecule has 1 N–H and O–H groups in total. The average molecular weight is 334 g/mol. The van der Waals surface area contributed by atoms with E-state index in [1.807, 2.05) is 26.0 Å². The summed E-state index contributed by atoms with van der Waals surface area (Å²) in [6.45, 7) is 6.96.